The number of amides is 2. The van der Waals surface area contributed by atoms with Crippen molar-refractivity contribution in [3.8, 4) is 24.7 Å². The predicted octanol–water partition coefficient (Wildman–Crippen LogP) is -0.538. The molecule has 26 heavy (non-hydrogen) atoms. The topological polar surface area (TPSA) is 115 Å². The molecular weight excluding hydrogens is 344 g/mol. The number of carboxylic acid groups (broad SMARTS) is 1. The van der Waals surface area contributed by atoms with Crippen LogP contribution in [0.15, 0.2) is 0 Å². The van der Waals surface area contributed by atoms with Gasteiger partial charge in [-0.2, -0.15) is 0 Å². The van der Waals surface area contributed by atoms with Gasteiger partial charge in [0, 0.05) is 13.0 Å². The van der Waals surface area contributed by atoms with Crippen LogP contribution in [0.3, 0.4) is 0 Å². The molecule has 0 bridgehead atoms. The van der Waals surface area contributed by atoms with Crippen LogP contribution in [0.5, 0.6) is 0 Å². The minimum absolute atomic E-state index is 0.0229. The molecular formula is C17H26N2O7. The number of terminal acetylenes is 2. The Labute approximate surface area is 153 Å². The van der Waals surface area contributed by atoms with E-state index in [2.05, 4.69) is 22.5 Å². The molecule has 0 aromatic heterocycles. The molecule has 0 aromatic carbocycles. The summed E-state index contributed by atoms with van der Waals surface area (Å²) >= 11 is 0. The molecule has 0 rings (SSSR count). The maximum Gasteiger partial charge on any atom is 0.405 e. The molecule has 0 aliphatic carbocycles. The van der Waals surface area contributed by atoms with Crippen LogP contribution in [0.25, 0.3) is 0 Å². The summed E-state index contributed by atoms with van der Waals surface area (Å²) in [5.74, 6) is 4.11. The Morgan fingerprint density at radius 2 is 1.42 bits per heavy atom. The molecule has 9 nitrogen and oxygen atoms in total. The first kappa shape index (κ1) is 23.7. The lowest BCUT2D eigenvalue weighted by molar-refractivity contribution is -0.123. The van der Waals surface area contributed by atoms with Gasteiger partial charge in [-0.15, -0.1) is 18.8 Å². The summed E-state index contributed by atoms with van der Waals surface area (Å²) in [6, 6.07) is -0.974. The normalized spacial score (nSPS) is 11.2. The van der Waals surface area contributed by atoms with E-state index in [1.807, 2.05) is 0 Å². The van der Waals surface area contributed by atoms with E-state index in [-0.39, 0.29) is 26.2 Å². The van der Waals surface area contributed by atoms with Crippen LogP contribution in [0.1, 0.15) is 6.42 Å². The molecule has 146 valence electrons. The van der Waals surface area contributed by atoms with Crippen molar-refractivity contribution in [1.29, 1.82) is 0 Å². The van der Waals surface area contributed by atoms with Crippen molar-refractivity contribution in [3.63, 3.8) is 0 Å². The second-order valence-electron chi connectivity index (χ2n) is 4.80. The average Bonchev–Trinajstić information content (AvgIpc) is 2.61. The quantitative estimate of drug-likeness (QED) is 0.247. The number of hydrogen-bond donors (Lipinski definition) is 3. The minimum Gasteiger partial charge on any atom is -0.465 e. The molecule has 0 fully saturated rings. The Balaban J connectivity index is 3.44. The molecule has 9 heteroatoms. The van der Waals surface area contributed by atoms with Gasteiger partial charge in [0.25, 0.3) is 0 Å². The number of rotatable bonds is 16. The van der Waals surface area contributed by atoms with Gasteiger partial charge in [0.05, 0.1) is 46.2 Å². The molecule has 1 atom stereocenters. The highest BCUT2D eigenvalue weighted by Crippen LogP contribution is 1.91. The molecule has 0 saturated heterocycles. The van der Waals surface area contributed by atoms with E-state index >= 15 is 0 Å². The predicted molar refractivity (Wildman–Crippen MR) is 93.5 cm³/mol. The first-order chi connectivity index (χ1) is 12.6. The fourth-order valence-electron chi connectivity index (χ4n) is 1.64. The van der Waals surface area contributed by atoms with Crippen molar-refractivity contribution in [3.05, 3.63) is 0 Å². The summed E-state index contributed by atoms with van der Waals surface area (Å²) in [6.07, 6.45) is 8.79. The number of ether oxygens (including phenoxy) is 4. The molecule has 0 spiro atoms. The minimum atomic E-state index is -1.31. The van der Waals surface area contributed by atoms with Gasteiger partial charge in [-0.3, -0.25) is 4.79 Å². The third kappa shape index (κ3) is 15.2. The molecule has 3 N–H and O–H groups in total. The SMILES string of the molecule is C#CCOCCOCCOCCOCCNC(=O)[C@H](CC#C)NC(=O)O. The van der Waals surface area contributed by atoms with Crippen molar-refractivity contribution < 1.29 is 33.6 Å². The average molecular weight is 370 g/mol. The molecule has 0 aliphatic rings. The summed E-state index contributed by atoms with van der Waals surface area (Å²) < 4.78 is 20.9. The maximum absolute atomic E-state index is 11.7. The van der Waals surface area contributed by atoms with Crippen molar-refractivity contribution in [2.45, 2.75) is 12.5 Å². The van der Waals surface area contributed by atoms with Gasteiger partial charge in [-0.25, -0.2) is 4.79 Å². The van der Waals surface area contributed by atoms with Crippen LogP contribution >= 0.6 is 0 Å². The standard InChI is InChI=1S/C17H26N2O7/c1-3-5-15(19-17(21)22)16(20)18-6-8-24-10-12-26-14-13-25-11-9-23-7-4-2/h1-2,15,19H,5-14H2,(H,18,20)(H,21,22)/t15-/m0/s1. The third-order valence-electron chi connectivity index (χ3n) is 2.78. The largest absolute Gasteiger partial charge is 0.465 e. The zero-order valence-corrected chi connectivity index (χ0v) is 14.7. The highest BCUT2D eigenvalue weighted by molar-refractivity contribution is 5.85. The van der Waals surface area contributed by atoms with E-state index in [9.17, 15) is 9.59 Å². The van der Waals surface area contributed by atoms with Gasteiger partial charge in [0.2, 0.25) is 5.91 Å². The Morgan fingerprint density at radius 1 is 0.885 bits per heavy atom. The van der Waals surface area contributed by atoms with Gasteiger partial charge in [-0.1, -0.05) is 5.92 Å². The lowest BCUT2D eigenvalue weighted by Crippen LogP contribution is -2.46. The first-order valence-corrected chi connectivity index (χ1v) is 8.06. The van der Waals surface area contributed by atoms with Crippen molar-refractivity contribution in [2.24, 2.45) is 0 Å². The zero-order valence-electron chi connectivity index (χ0n) is 14.7. The molecule has 0 unspecified atom stereocenters. The summed E-state index contributed by atoms with van der Waals surface area (Å²) in [4.78, 5) is 22.3. The Kier molecular flexibility index (Phi) is 16.0. The van der Waals surface area contributed by atoms with Crippen LogP contribution in [0.4, 0.5) is 4.79 Å². The summed E-state index contributed by atoms with van der Waals surface area (Å²) in [5, 5.41) is 13.2. The van der Waals surface area contributed by atoms with E-state index < -0.39 is 18.0 Å². The van der Waals surface area contributed by atoms with Crippen LogP contribution < -0.4 is 10.6 Å². The van der Waals surface area contributed by atoms with Crippen LogP contribution in [-0.2, 0) is 23.7 Å². The maximum atomic E-state index is 11.7. The highest BCUT2D eigenvalue weighted by atomic mass is 16.6. The first-order valence-electron chi connectivity index (χ1n) is 8.06. The Bertz CT molecular complexity index is 471. The number of carbonyl (C=O) groups is 2. The highest BCUT2D eigenvalue weighted by Gasteiger charge is 2.18. The summed E-state index contributed by atoms with van der Waals surface area (Å²) in [6.45, 7) is 3.33. The van der Waals surface area contributed by atoms with Crippen LogP contribution in [0.2, 0.25) is 0 Å². The van der Waals surface area contributed by atoms with Gasteiger partial charge in [-0.05, 0) is 0 Å². The fourth-order valence-corrected chi connectivity index (χ4v) is 1.64. The molecule has 0 aliphatic heterocycles. The summed E-state index contributed by atoms with van der Waals surface area (Å²) in [7, 11) is 0. The van der Waals surface area contributed by atoms with E-state index in [1.54, 1.807) is 0 Å². The van der Waals surface area contributed by atoms with Gasteiger partial charge >= 0.3 is 6.09 Å². The molecule has 0 aromatic rings. The monoisotopic (exact) mass is 370 g/mol. The van der Waals surface area contributed by atoms with E-state index in [0.29, 0.717) is 39.6 Å². The Hall–Kier alpha value is -2.30. The van der Waals surface area contributed by atoms with Crippen LogP contribution in [0, 0.1) is 24.7 Å². The van der Waals surface area contributed by atoms with Gasteiger partial charge in [0.1, 0.15) is 12.6 Å². The molecule has 2 amide bonds. The number of carbonyl (C=O) groups excluding carboxylic acids is 1. The lowest BCUT2D eigenvalue weighted by Gasteiger charge is -2.14. The fraction of sp³-hybridized carbons (Fsp3) is 0.647. The molecule has 0 heterocycles. The third-order valence-corrected chi connectivity index (χ3v) is 2.78. The number of hydrogen-bond acceptors (Lipinski definition) is 6. The lowest BCUT2D eigenvalue weighted by atomic mass is 10.2. The van der Waals surface area contributed by atoms with Crippen molar-refractivity contribution in [2.75, 3.05) is 59.4 Å². The van der Waals surface area contributed by atoms with Gasteiger partial charge < -0.3 is 34.7 Å². The van der Waals surface area contributed by atoms with E-state index in [0.717, 1.165) is 0 Å². The van der Waals surface area contributed by atoms with Crippen LogP contribution in [-0.4, -0.2) is 82.5 Å². The van der Waals surface area contributed by atoms with E-state index in [4.69, 9.17) is 36.9 Å². The second-order valence-corrected chi connectivity index (χ2v) is 4.80. The van der Waals surface area contributed by atoms with Gasteiger partial charge in [0.15, 0.2) is 0 Å². The Morgan fingerprint density at radius 3 is 1.92 bits per heavy atom. The summed E-state index contributed by atoms with van der Waals surface area (Å²) in [5.41, 5.74) is 0. The second kappa shape index (κ2) is 17.5. The number of nitrogens with one attached hydrogen (secondary N) is 2. The molecule has 0 radical (unpaired) electrons. The molecule has 0 saturated carbocycles. The zero-order chi connectivity index (χ0) is 19.5. The van der Waals surface area contributed by atoms with Crippen molar-refractivity contribution >= 4 is 12.0 Å². The van der Waals surface area contributed by atoms with Crippen molar-refractivity contribution in [1.82, 2.24) is 10.6 Å². The smallest absolute Gasteiger partial charge is 0.405 e. The van der Waals surface area contributed by atoms with E-state index in [1.165, 1.54) is 0 Å².